The Balaban J connectivity index is 2.39. The molecule has 21 heavy (non-hydrogen) atoms. The summed E-state index contributed by atoms with van der Waals surface area (Å²) >= 11 is 0. The van der Waals surface area contributed by atoms with E-state index in [0.29, 0.717) is 31.3 Å². The molecule has 0 aromatic carbocycles. The van der Waals surface area contributed by atoms with E-state index in [2.05, 4.69) is 10.6 Å². The Kier molecular flexibility index (Phi) is 5.79. The highest BCUT2D eigenvalue weighted by Crippen LogP contribution is 2.48. The normalized spacial score (nSPS) is 21.8. The van der Waals surface area contributed by atoms with Crippen molar-refractivity contribution in [1.82, 2.24) is 10.6 Å². The molecule has 0 aliphatic heterocycles. The van der Waals surface area contributed by atoms with Crippen molar-refractivity contribution in [3.63, 3.8) is 0 Å². The molecular weight excluding hydrogens is 268 g/mol. The van der Waals surface area contributed by atoms with Crippen molar-refractivity contribution in [2.75, 3.05) is 13.7 Å². The first-order valence-electron chi connectivity index (χ1n) is 7.66. The minimum absolute atomic E-state index is 0.00615. The second-order valence-corrected chi connectivity index (χ2v) is 7.62. The van der Waals surface area contributed by atoms with E-state index in [1.807, 2.05) is 34.6 Å². The van der Waals surface area contributed by atoms with Gasteiger partial charge < -0.3 is 15.4 Å². The smallest absolute Gasteiger partial charge is 0.222 e. The van der Waals surface area contributed by atoms with Crippen LogP contribution in [0.25, 0.3) is 0 Å². The Morgan fingerprint density at radius 3 is 2.24 bits per heavy atom. The average Bonchev–Trinajstić information content (AvgIpc) is 3.02. The van der Waals surface area contributed by atoms with Crippen molar-refractivity contribution in [2.24, 2.45) is 11.8 Å². The third-order valence-corrected chi connectivity index (χ3v) is 3.81. The topological polar surface area (TPSA) is 67.4 Å². The van der Waals surface area contributed by atoms with Crippen LogP contribution in [0.1, 0.15) is 53.9 Å². The molecule has 5 heteroatoms. The highest BCUT2D eigenvalue weighted by atomic mass is 16.5. The van der Waals surface area contributed by atoms with Crippen molar-refractivity contribution in [1.29, 1.82) is 0 Å². The van der Waals surface area contributed by atoms with Crippen LogP contribution in [0.2, 0.25) is 0 Å². The molecule has 2 atom stereocenters. The number of ether oxygens (including phenoxy) is 1. The van der Waals surface area contributed by atoms with Crippen LogP contribution in [0.15, 0.2) is 0 Å². The van der Waals surface area contributed by atoms with Crippen molar-refractivity contribution in [3.8, 4) is 0 Å². The fraction of sp³-hybridized carbons (Fsp3) is 0.875. The maximum Gasteiger partial charge on any atom is 0.222 e. The molecule has 1 aliphatic carbocycles. The summed E-state index contributed by atoms with van der Waals surface area (Å²) < 4.78 is 4.91. The Bertz CT molecular complexity index is 385. The molecule has 1 saturated carbocycles. The largest absolute Gasteiger partial charge is 0.384 e. The van der Waals surface area contributed by atoms with Crippen LogP contribution in [0.5, 0.6) is 0 Å². The van der Waals surface area contributed by atoms with E-state index in [1.54, 1.807) is 7.11 Å². The molecule has 0 aromatic rings. The number of hydrogen-bond donors (Lipinski definition) is 2. The maximum atomic E-state index is 11.9. The lowest BCUT2D eigenvalue weighted by molar-refractivity contribution is -0.123. The number of methoxy groups -OCH3 is 1. The van der Waals surface area contributed by atoms with Crippen molar-refractivity contribution in [2.45, 2.75) is 65.0 Å². The summed E-state index contributed by atoms with van der Waals surface area (Å²) in [6.07, 6.45) is 1.91. The van der Waals surface area contributed by atoms with Crippen LogP contribution in [0.3, 0.4) is 0 Å². The van der Waals surface area contributed by atoms with Crippen LogP contribution >= 0.6 is 0 Å². The number of hydrogen-bond acceptors (Lipinski definition) is 3. The summed E-state index contributed by atoms with van der Waals surface area (Å²) in [6, 6.07) is 0. The molecule has 0 saturated heterocycles. The lowest BCUT2D eigenvalue weighted by atomic mass is 9.95. The zero-order valence-electron chi connectivity index (χ0n) is 14.2. The third-order valence-electron chi connectivity index (χ3n) is 3.81. The standard InChI is InChI=1S/C16H30N2O3/c1-15(2,3)17-14(20)10-11-9-12(11)16(4,5)18-13(19)7-8-21-6/h11-12H,7-10H2,1-6H3,(H,17,20)(H,18,19). The molecule has 0 radical (unpaired) electrons. The van der Waals surface area contributed by atoms with Gasteiger partial charge in [-0.05, 0) is 52.9 Å². The van der Waals surface area contributed by atoms with Gasteiger partial charge in [-0.2, -0.15) is 0 Å². The predicted molar refractivity (Wildman–Crippen MR) is 82.8 cm³/mol. The SMILES string of the molecule is COCCC(=O)NC(C)(C)C1CC1CC(=O)NC(C)(C)C. The quantitative estimate of drug-likeness (QED) is 0.754. The molecular formula is C16H30N2O3. The van der Waals surface area contributed by atoms with Crippen LogP contribution in [-0.4, -0.2) is 36.6 Å². The Morgan fingerprint density at radius 1 is 1.10 bits per heavy atom. The summed E-state index contributed by atoms with van der Waals surface area (Å²) in [4.78, 5) is 23.7. The summed E-state index contributed by atoms with van der Waals surface area (Å²) in [5.74, 6) is 0.836. The van der Waals surface area contributed by atoms with Crippen molar-refractivity contribution >= 4 is 11.8 Å². The maximum absolute atomic E-state index is 11.9. The van der Waals surface area contributed by atoms with E-state index in [9.17, 15) is 9.59 Å². The van der Waals surface area contributed by atoms with Gasteiger partial charge in [-0.1, -0.05) is 0 Å². The van der Waals surface area contributed by atoms with E-state index in [0.717, 1.165) is 6.42 Å². The van der Waals surface area contributed by atoms with Gasteiger partial charge in [0.1, 0.15) is 0 Å². The van der Waals surface area contributed by atoms with E-state index >= 15 is 0 Å². The second-order valence-electron chi connectivity index (χ2n) is 7.62. The number of rotatable bonds is 7. The third kappa shape index (κ3) is 6.46. The first-order chi connectivity index (χ1) is 9.55. The molecule has 2 N–H and O–H groups in total. The minimum atomic E-state index is -0.266. The lowest BCUT2D eigenvalue weighted by Gasteiger charge is -2.27. The van der Waals surface area contributed by atoms with Crippen LogP contribution in [0.4, 0.5) is 0 Å². The molecule has 0 aromatic heterocycles. The summed E-state index contributed by atoms with van der Waals surface area (Å²) in [6.45, 7) is 10.4. The van der Waals surface area contributed by atoms with Gasteiger partial charge in [-0.25, -0.2) is 0 Å². The summed E-state index contributed by atoms with van der Waals surface area (Å²) in [7, 11) is 1.59. The van der Waals surface area contributed by atoms with Gasteiger partial charge in [-0.15, -0.1) is 0 Å². The molecule has 122 valence electrons. The number of carbonyl (C=O) groups excluding carboxylic acids is 2. The molecule has 1 fully saturated rings. The first kappa shape index (κ1) is 18.0. The Hall–Kier alpha value is -1.10. The van der Waals surface area contributed by atoms with Gasteiger partial charge in [0.05, 0.1) is 6.61 Å². The Labute approximate surface area is 128 Å². The molecule has 2 unspecified atom stereocenters. The van der Waals surface area contributed by atoms with E-state index in [4.69, 9.17) is 4.74 Å². The first-order valence-corrected chi connectivity index (χ1v) is 7.66. The number of carbonyl (C=O) groups is 2. The molecule has 1 rings (SSSR count). The number of nitrogens with one attached hydrogen (secondary N) is 2. The monoisotopic (exact) mass is 298 g/mol. The van der Waals surface area contributed by atoms with Crippen molar-refractivity contribution in [3.05, 3.63) is 0 Å². The van der Waals surface area contributed by atoms with Crippen LogP contribution < -0.4 is 10.6 Å². The van der Waals surface area contributed by atoms with E-state index < -0.39 is 0 Å². The Morgan fingerprint density at radius 2 is 1.71 bits per heavy atom. The minimum Gasteiger partial charge on any atom is -0.384 e. The van der Waals surface area contributed by atoms with Gasteiger partial charge in [0.15, 0.2) is 0 Å². The van der Waals surface area contributed by atoms with Crippen molar-refractivity contribution < 1.29 is 14.3 Å². The van der Waals surface area contributed by atoms with Gasteiger partial charge in [0.2, 0.25) is 11.8 Å². The number of amides is 2. The van der Waals surface area contributed by atoms with E-state index in [-0.39, 0.29) is 22.9 Å². The summed E-state index contributed by atoms with van der Waals surface area (Å²) in [5, 5.41) is 6.04. The molecule has 0 bridgehead atoms. The van der Waals surface area contributed by atoms with Gasteiger partial charge >= 0.3 is 0 Å². The molecule has 0 spiro atoms. The molecule has 1 aliphatic rings. The second kappa shape index (κ2) is 6.77. The molecule has 5 nitrogen and oxygen atoms in total. The average molecular weight is 298 g/mol. The summed E-state index contributed by atoms with van der Waals surface area (Å²) in [5.41, 5.74) is -0.455. The highest BCUT2D eigenvalue weighted by Gasteiger charge is 2.48. The fourth-order valence-corrected chi connectivity index (χ4v) is 2.77. The zero-order valence-corrected chi connectivity index (χ0v) is 14.2. The van der Waals surface area contributed by atoms with Gasteiger partial charge in [0, 0.05) is 31.0 Å². The highest BCUT2D eigenvalue weighted by molar-refractivity contribution is 5.78. The van der Waals surface area contributed by atoms with Gasteiger partial charge in [0.25, 0.3) is 0 Å². The van der Waals surface area contributed by atoms with Gasteiger partial charge in [-0.3, -0.25) is 9.59 Å². The lowest BCUT2D eigenvalue weighted by Crippen LogP contribution is -2.46. The molecule has 2 amide bonds. The molecule has 0 heterocycles. The van der Waals surface area contributed by atoms with E-state index in [1.165, 1.54) is 0 Å². The van der Waals surface area contributed by atoms with Crippen LogP contribution in [0, 0.1) is 11.8 Å². The zero-order chi connectivity index (χ0) is 16.3. The fourth-order valence-electron chi connectivity index (χ4n) is 2.77. The van der Waals surface area contributed by atoms with Crippen LogP contribution in [-0.2, 0) is 14.3 Å². The predicted octanol–water partition coefficient (Wildman–Crippen LogP) is 1.86.